The van der Waals surface area contributed by atoms with E-state index in [9.17, 15) is 19.6 Å². The van der Waals surface area contributed by atoms with Crippen LogP contribution in [0.5, 0.6) is 0 Å². The second-order valence-corrected chi connectivity index (χ2v) is 4.97. The van der Waals surface area contributed by atoms with Gasteiger partial charge in [0.1, 0.15) is 12.2 Å². The molecule has 1 aromatic carbocycles. The lowest BCUT2D eigenvalue weighted by Crippen LogP contribution is -2.23. The second-order valence-electron chi connectivity index (χ2n) is 3.73. The van der Waals surface area contributed by atoms with Gasteiger partial charge in [0.15, 0.2) is 0 Å². The molecule has 5 N–H and O–H groups in total. The van der Waals surface area contributed by atoms with Crippen LogP contribution in [0.15, 0.2) is 24.3 Å². The van der Waals surface area contributed by atoms with Crippen molar-refractivity contribution in [2.75, 3.05) is 6.61 Å². The number of phosphoric ester groups is 1. The number of aliphatic hydroxyl groups excluding tert-OH is 2. The minimum atomic E-state index is -4.72. The number of carboxylic acids is 1. The Labute approximate surface area is 108 Å². The minimum Gasteiger partial charge on any atom is -0.478 e. The van der Waals surface area contributed by atoms with Crippen LogP contribution >= 0.6 is 7.82 Å². The first-order valence-corrected chi connectivity index (χ1v) is 6.63. The van der Waals surface area contributed by atoms with Crippen molar-refractivity contribution < 1.29 is 39.0 Å². The van der Waals surface area contributed by atoms with Gasteiger partial charge in [0.25, 0.3) is 0 Å². The fraction of sp³-hybridized carbons (Fsp3) is 0.300. The SMILES string of the molecule is O=C(O)c1ccc(C(O)C(O)COP(=O)(O)O)cc1. The molecule has 0 radical (unpaired) electrons. The summed E-state index contributed by atoms with van der Waals surface area (Å²) < 4.78 is 14.5. The molecule has 0 spiro atoms. The van der Waals surface area contributed by atoms with Gasteiger partial charge in [0, 0.05) is 0 Å². The van der Waals surface area contributed by atoms with Crippen molar-refractivity contribution in [3.63, 3.8) is 0 Å². The summed E-state index contributed by atoms with van der Waals surface area (Å²) in [6, 6.07) is 5.04. The van der Waals surface area contributed by atoms with Crippen LogP contribution in [0.2, 0.25) is 0 Å². The molecule has 0 aliphatic heterocycles. The van der Waals surface area contributed by atoms with Gasteiger partial charge in [-0.15, -0.1) is 0 Å². The molecule has 9 heteroatoms. The summed E-state index contributed by atoms with van der Waals surface area (Å²) in [5.41, 5.74) is 0.212. The van der Waals surface area contributed by atoms with E-state index in [1.807, 2.05) is 0 Å². The number of rotatable bonds is 6. The van der Waals surface area contributed by atoms with E-state index < -0.39 is 32.6 Å². The molecule has 1 rings (SSSR count). The minimum absolute atomic E-state index is 0.0110. The van der Waals surface area contributed by atoms with Crippen LogP contribution in [0.1, 0.15) is 22.0 Å². The fourth-order valence-corrected chi connectivity index (χ4v) is 1.66. The number of aliphatic hydroxyl groups is 2. The van der Waals surface area contributed by atoms with Crippen molar-refractivity contribution in [3.8, 4) is 0 Å². The van der Waals surface area contributed by atoms with Crippen LogP contribution in [-0.2, 0) is 9.09 Å². The van der Waals surface area contributed by atoms with Crippen LogP contribution in [0.25, 0.3) is 0 Å². The molecule has 0 amide bonds. The van der Waals surface area contributed by atoms with E-state index in [2.05, 4.69) is 4.52 Å². The van der Waals surface area contributed by atoms with Crippen LogP contribution in [0.3, 0.4) is 0 Å². The highest BCUT2D eigenvalue weighted by Crippen LogP contribution is 2.36. The van der Waals surface area contributed by atoms with E-state index in [0.717, 1.165) is 0 Å². The number of carbonyl (C=O) groups is 1. The van der Waals surface area contributed by atoms with Crippen LogP contribution in [0.4, 0.5) is 0 Å². The third-order valence-corrected chi connectivity index (χ3v) is 2.76. The van der Waals surface area contributed by atoms with Gasteiger partial charge in [0.05, 0.1) is 12.2 Å². The zero-order chi connectivity index (χ0) is 14.6. The predicted octanol–water partition coefficient (Wildman–Crippen LogP) is -0.112. The smallest absolute Gasteiger partial charge is 0.469 e. The second kappa shape index (κ2) is 6.25. The zero-order valence-corrected chi connectivity index (χ0v) is 10.5. The van der Waals surface area contributed by atoms with Gasteiger partial charge in [-0.2, -0.15) is 0 Å². The molecular formula is C10H13O8P. The lowest BCUT2D eigenvalue weighted by Gasteiger charge is -2.18. The molecule has 8 nitrogen and oxygen atoms in total. The summed E-state index contributed by atoms with van der Waals surface area (Å²) in [5, 5.41) is 27.8. The molecule has 2 unspecified atom stereocenters. The number of hydrogen-bond donors (Lipinski definition) is 5. The Morgan fingerprint density at radius 1 is 1.21 bits per heavy atom. The molecule has 0 fully saturated rings. The Morgan fingerprint density at radius 3 is 2.16 bits per heavy atom. The van der Waals surface area contributed by atoms with Gasteiger partial charge < -0.3 is 25.1 Å². The summed E-state index contributed by atoms with van der Waals surface area (Å²) in [4.78, 5) is 27.5. The van der Waals surface area contributed by atoms with Crippen molar-refractivity contribution >= 4 is 13.8 Å². The van der Waals surface area contributed by atoms with Gasteiger partial charge in [0.2, 0.25) is 0 Å². The first kappa shape index (κ1) is 15.8. The molecule has 0 aliphatic rings. The third kappa shape index (κ3) is 5.07. The number of hydrogen-bond acceptors (Lipinski definition) is 5. The van der Waals surface area contributed by atoms with Crippen molar-refractivity contribution in [1.29, 1.82) is 0 Å². The van der Waals surface area contributed by atoms with Gasteiger partial charge >= 0.3 is 13.8 Å². The van der Waals surface area contributed by atoms with E-state index in [0.29, 0.717) is 0 Å². The number of benzene rings is 1. The van der Waals surface area contributed by atoms with Crippen molar-refractivity contribution in [3.05, 3.63) is 35.4 Å². The van der Waals surface area contributed by atoms with Crippen LogP contribution in [0, 0.1) is 0 Å². The summed E-state index contributed by atoms with van der Waals surface area (Å²) in [6.07, 6.45) is -3.00. The van der Waals surface area contributed by atoms with Gasteiger partial charge in [-0.25, -0.2) is 9.36 Å². The van der Waals surface area contributed by atoms with Gasteiger partial charge in [-0.1, -0.05) is 12.1 Å². The third-order valence-electron chi connectivity index (χ3n) is 2.28. The van der Waals surface area contributed by atoms with E-state index in [1.54, 1.807) is 0 Å². The predicted molar refractivity (Wildman–Crippen MR) is 62.4 cm³/mol. The molecule has 0 aliphatic carbocycles. The quantitative estimate of drug-likeness (QED) is 0.457. The van der Waals surface area contributed by atoms with E-state index in [-0.39, 0.29) is 11.1 Å². The number of aromatic carboxylic acids is 1. The molecule has 0 saturated heterocycles. The molecule has 106 valence electrons. The van der Waals surface area contributed by atoms with E-state index in [4.69, 9.17) is 14.9 Å². The van der Waals surface area contributed by atoms with Gasteiger partial charge in [-0.3, -0.25) is 4.52 Å². The van der Waals surface area contributed by atoms with Crippen molar-refractivity contribution in [2.24, 2.45) is 0 Å². The molecular weight excluding hydrogens is 279 g/mol. The highest BCUT2D eigenvalue weighted by atomic mass is 31.2. The highest BCUT2D eigenvalue weighted by Gasteiger charge is 2.23. The average molecular weight is 292 g/mol. The van der Waals surface area contributed by atoms with Crippen LogP contribution in [-0.4, -0.2) is 43.8 Å². The Morgan fingerprint density at radius 2 is 1.74 bits per heavy atom. The van der Waals surface area contributed by atoms with Crippen molar-refractivity contribution in [1.82, 2.24) is 0 Å². The highest BCUT2D eigenvalue weighted by molar-refractivity contribution is 7.46. The number of phosphoric acid groups is 1. The fourth-order valence-electron chi connectivity index (χ4n) is 1.31. The molecule has 0 bridgehead atoms. The van der Waals surface area contributed by atoms with E-state index >= 15 is 0 Å². The Bertz CT molecular complexity index is 479. The molecule has 1 aromatic rings. The first-order valence-electron chi connectivity index (χ1n) is 5.10. The normalized spacial score (nSPS) is 14.9. The lowest BCUT2D eigenvalue weighted by atomic mass is 10.0. The largest absolute Gasteiger partial charge is 0.478 e. The van der Waals surface area contributed by atoms with E-state index in [1.165, 1.54) is 24.3 Å². The average Bonchev–Trinajstić information content (AvgIpc) is 2.34. The summed E-state index contributed by atoms with van der Waals surface area (Å²) in [5.74, 6) is -1.13. The van der Waals surface area contributed by atoms with Crippen molar-refractivity contribution in [2.45, 2.75) is 12.2 Å². The van der Waals surface area contributed by atoms with Gasteiger partial charge in [-0.05, 0) is 17.7 Å². The maximum atomic E-state index is 10.6. The molecule has 19 heavy (non-hydrogen) atoms. The summed E-state index contributed by atoms with van der Waals surface area (Å²) in [7, 11) is -4.72. The zero-order valence-electron chi connectivity index (χ0n) is 9.58. The maximum absolute atomic E-state index is 10.6. The Balaban J connectivity index is 2.68. The molecule has 2 atom stereocenters. The molecule has 0 heterocycles. The number of carboxylic acid groups (broad SMARTS) is 1. The summed E-state index contributed by atoms with van der Waals surface area (Å²) in [6.45, 7) is -0.758. The Hall–Kier alpha value is -1.28. The first-order chi connectivity index (χ1) is 8.70. The molecule has 0 aromatic heterocycles. The monoisotopic (exact) mass is 292 g/mol. The van der Waals surface area contributed by atoms with Crippen LogP contribution < -0.4 is 0 Å². The summed E-state index contributed by atoms with van der Waals surface area (Å²) >= 11 is 0. The molecule has 0 saturated carbocycles. The maximum Gasteiger partial charge on any atom is 0.469 e. The Kier molecular flexibility index (Phi) is 5.19. The lowest BCUT2D eigenvalue weighted by molar-refractivity contribution is -0.0150. The topological polar surface area (TPSA) is 145 Å². The standard InChI is InChI=1S/C10H13O8P/c11-8(5-18-19(15,16)17)9(12)6-1-3-7(4-2-6)10(13)14/h1-4,8-9,11-12H,5H2,(H,13,14)(H2,15,16,17).